The zero-order valence-electron chi connectivity index (χ0n) is 19.9. The molecular weight excluding hydrogens is 536 g/mol. The van der Waals surface area contributed by atoms with Gasteiger partial charge in [-0.2, -0.15) is 0 Å². The van der Waals surface area contributed by atoms with E-state index in [1.165, 1.54) is 36.0 Å². The Labute approximate surface area is 227 Å². The van der Waals surface area contributed by atoms with Crippen LogP contribution in [-0.2, 0) is 11.3 Å². The van der Waals surface area contributed by atoms with E-state index in [1.807, 2.05) is 32.0 Å². The number of rotatable bonds is 8. The largest absolute Gasteiger partial charge is 0.345 e. The number of halogens is 3. The average molecular weight is 558 g/mol. The number of carbonyl (C=O) groups excluding carboxylic acids is 2. The van der Waals surface area contributed by atoms with Crippen molar-refractivity contribution in [2.45, 2.75) is 25.5 Å². The number of carbonyl (C=O) groups is 2. The van der Waals surface area contributed by atoms with E-state index in [9.17, 15) is 14.0 Å². The van der Waals surface area contributed by atoms with Crippen molar-refractivity contribution in [2.24, 2.45) is 0 Å². The van der Waals surface area contributed by atoms with Crippen molar-refractivity contribution in [3.05, 3.63) is 99.0 Å². The van der Waals surface area contributed by atoms with Crippen LogP contribution in [0.25, 0.3) is 5.69 Å². The molecule has 0 saturated heterocycles. The summed E-state index contributed by atoms with van der Waals surface area (Å²) in [4.78, 5) is 25.4. The zero-order valence-corrected chi connectivity index (χ0v) is 22.2. The monoisotopic (exact) mass is 557 g/mol. The van der Waals surface area contributed by atoms with Gasteiger partial charge in [-0.3, -0.25) is 14.2 Å². The Balaban J connectivity index is 1.52. The van der Waals surface area contributed by atoms with Crippen LogP contribution in [0.1, 0.15) is 27.3 Å². The Hall–Kier alpha value is -3.40. The zero-order chi connectivity index (χ0) is 26.5. The van der Waals surface area contributed by atoms with Crippen LogP contribution >= 0.6 is 35.0 Å². The van der Waals surface area contributed by atoms with Crippen molar-refractivity contribution in [1.82, 2.24) is 20.1 Å². The van der Waals surface area contributed by atoms with Gasteiger partial charge in [-0.1, -0.05) is 47.1 Å². The molecule has 37 heavy (non-hydrogen) atoms. The molecule has 0 aliphatic carbocycles. The Morgan fingerprint density at radius 1 is 1.00 bits per heavy atom. The molecule has 4 aromatic rings. The van der Waals surface area contributed by atoms with Crippen LogP contribution < -0.4 is 10.6 Å². The minimum absolute atomic E-state index is 0.00129. The highest BCUT2D eigenvalue weighted by Gasteiger charge is 2.18. The van der Waals surface area contributed by atoms with Crippen molar-refractivity contribution >= 4 is 52.5 Å². The van der Waals surface area contributed by atoms with Crippen molar-refractivity contribution in [3.63, 3.8) is 0 Å². The van der Waals surface area contributed by atoms with Gasteiger partial charge in [-0.25, -0.2) is 4.39 Å². The molecule has 2 amide bonds. The fourth-order valence-corrected chi connectivity index (χ4v) is 4.62. The SMILES string of the molecule is Cc1ccc(C)c(NC(=O)CSc2nnc(CNC(=O)c3cc(Cl)ccc3Cl)n2-c2ccc(F)cc2)c1. The summed E-state index contributed by atoms with van der Waals surface area (Å²) in [5.41, 5.74) is 3.54. The third kappa shape index (κ3) is 6.68. The van der Waals surface area contributed by atoms with Crippen LogP contribution in [0.5, 0.6) is 0 Å². The van der Waals surface area contributed by atoms with E-state index in [0.717, 1.165) is 16.8 Å². The van der Waals surface area contributed by atoms with Gasteiger partial charge >= 0.3 is 0 Å². The minimum atomic E-state index is -0.441. The van der Waals surface area contributed by atoms with Gasteiger partial charge in [0.15, 0.2) is 11.0 Å². The van der Waals surface area contributed by atoms with Crippen LogP contribution in [0.2, 0.25) is 10.0 Å². The standard InChI is InChI=1S/C26H22Cl2FN5O2S/c1-15-3-4-16(2)22(11-15)31-24(35)14-37-26-33-32-23(34(26)19-8-6-18(29)7-9-19)13-30-25(36)20-12-17(27)5-10-21(20)28/h3-12H,13-14H2,1-2H3,(H,30,36)(H,31,35). The molecule has 0 aliphatic heterocycles. The Morgan fingerprint density at radius 3 is 2.51 bits per heavy atom. The summed E-state index contributed by atoms with van der Waals surface area (Å²) in [6.45, 7) is 3.88. The number of aromatic nitrogens is 3. The van der Waals surface area contributed by atoms with Crippen LogP contribution in [-0.4, -0.2) is 32.3 Å². The highest BCUT2D eigenvalue weighted by Crippen LogP contribution is 2.24. The molecule has 4 rings (SSSR count). The maximum atomic E-state index is 13.6. The van der Waals surface area contributed by atoms with Gasteiger partial charge in [0.05, 0.1) is 22.9 Å². The molecule has 0 radical (unpaired) electrons. The van der Waals surface area contributed by atoms with Crippen molar-refractivity contribution < 1.29 is 14.0 Å². The number of thioether (sulfide) groups is 1. The number of nitrogens with zero attached hydrogens (tertiary/aromatic N) is 3. The van der Waals surface area contributed by atoms with Gasteiger partial charge < -0.3 is 10.6 Å². The molecule has 0 bridgehead atoms. The normalized spacial score (nSPS) is 10.8. The topological polar surface area (TPSA) is 88.9 Å². The predicted octanol–water partition coefficient (Wildman–Crippen LogP) is 5.99. The van der Waals surface area contributed by atoms with E-state index in [1.54, 1.807) is 22.8 Å². The molecule has 0 aliphatic rings. The second-order valence-corrected chi connectivity index (χ2v) is 9.96. The molecule has 0 saturated carbocycles. The van der Waals surface area contributed by atoms with E-state index >= 15 is 0 Å². The third-order valence-corrected chi connectivity index (χ3v) is 6.86. The fraction of sp³-hybridized carbons (Fsp3) is 0.154. The van der Waals surface area contributed by atoms with Crippen LogP contribution in [0.3, 0.4) is 0 Å². The maximum Gasteiger partial charge on any atom is 0.253 e. The summed E-state index contributed by atoms with van der Waals surface area (Å²) in [6.07, 6.45) is 0. The maximum absolute atomic E-state index is 13.6. The van der Waals surface area contributed by atoms with Gasteiger partial charge in [-0.15, -0.1) is 10.2 Å². The molecule has 3 aromatic carbocycles. The smallest absolute Gasteiger partial charge is 0.253 e. The van der Waals surface area contributed by atoms with Gasteiger partial charge in [0.1, 0.15) is 5.82 Å². The number of nitrogens with one attached hydrogen (secondary N) is 2. The molecular formula is C26H22Cl2FN5O2S. The summed E-state index contributed by atoms with van der Waals surface area (Å²) < 4.78 is 15.2. The number of anilines is 1. The minimum Gasteiger partial charge on any atom is -0.345 e. The first-order chi connectivity index (χ1) is 17.7. The first-order valence-corrected chi connectivity index (χ1v) is 12.9. The molecule has 0 spiro atoms. The van der Waals surface area contributed by atoms with E-state index in [2.05, 4.69) is 20.8 Å². The van der Waals surface area contributed by atoms with Crippen molar-refractivity contribution in [1.29, 1.82) is 0 Å². The van der Waals surface area contributed by atoms with E-state index in [0.29, 0.717) is 21.7 Å². The van der Waals surface area contributed by atoms with Crippen molar-refractivity contribution in [2.75, 3.05) is 11.1 Å². The second kappa shape index (κ2) is 11.8. The van der Waals surface area contributed by atoms with Gasteiger partial charge in [0.2, 0.25) is 5.91 Å². The van der Waals surface area contributed by atoms with Crippen LogP contribution in [0.15, 0.2) is 65.8 Å². The molecule has 7 nitrogen and oxygen atoms in total. The summed E-state index contributed by atoms with van der Waals surface area (Å²) >= 11 is 13.3. The second-order valence-electron chi connectivity index (χ2n) is 8.17. The number of aryl methyl sites for hydroxylation is 2. The average Bonchev–Trinajstić information content (AvgIpc) is 3.28. The molecule has 0 fully saturated rings. The van der Waals surface area contributed by atoms with E-state index in [-0.39, 0.29) is 28.8 Å². The Morgan fingerprint density at radius 2 is 1.76 bits per heavy atom. The first kappa shape index (κ1) is 26.7. The van der Waals surface area contributed by atoms with E-state index in [4.69, 9.17) is 23.2 Å². The summed E-state index contributed by atoms with van der Waals surface area (Å²) in [5, 5.41) is 15.1. The van der Waals surface area contributed by atoms with Gasteiger partial charge in [-0.05, 0) is 73.5 Å². The Kier molecular flexibility index (Phi) is 8.48. The molecule has 190 valence electrons. The molecule has 11 heteroatoms. The molecule has 1 heterocycles. The van der Waals surface area contributed by atoms with Gasteiger partial charge in [0, 0.05) is 16.4 Å². The molecule has 2 N–H and O–H groups in total. The number of amides is 2. The first-order valence-electron chi connectivity index (χ1n) is 11.1. The lowest BCUT2D eigenvalue weighted by Gasteiger charge is -2.12. The van der Waals surface area contributed by atoms with Crippen LogP contribution in [0, 0.1) is 19.7 Å². The number of hydrogen-bond donors (Lipinski definition) is 2. The van der Waals surface area contributed by atoms with Gasteiger partial charge in [0.25, 0.3) is 5.91 Å². The lowest BCUT2D eigenvalue weighted by molar-refractivity contribution is -0.113. The summed E-state index contributed by atoms with van der Waals surface area (Å²) in [7, 11) is 0. The Bertz CT molecular complexity index is 1460. The highest BCUT2D eigenvalue weighted by molar-refractivity contribution is 7.99. The molecule has 0 atom stereocenters. The molecule has 0 unspecified atom stereocenters. The van der Waals surface area contributed by atoms with Crippen molar-refractivity contribution in [3.8, 4) is 5.69 Å². The third-order valence-electron chi connectivity index (χ3n) is 5.36. The molecule has 1 aromatic heterocycles. The van der Waals surface area contributed by atoms with Crippen LogP contribution in [0.4, 0.5) is 10.1 Å². The summed E-state index contributed by atoms with van der Waals surface area (Å²) in [6, 6.07) is 16.2. The van der Waals surface area contributed by atoms with E-state index < -0.39 is 11.7 Å². The highest BCUT2D eigenvalue weighted by atomic mass is 35.5. The fourth-order valence-electron chi connectivity index (χ4n) is 3.47. The number of hydrogen-bond acceptors (Lipinski definition) is 5. The lowest BCUT2D eigenvalue weighted by Crippen LogP contribution is -2.25. The predicted molar refractivity (Wildman–Crippen MR) is 144 cm³/mol. The lowest BCUT2D eigenvalue weighted by atomic mass is 10.1. The quantitative estimate of drug-likeness (QED) is 0.260. The summed E-state index contributed by atoms with van der Waals surface area (Å²) in [5.74, 6) is -0.599. The number of benzene rings is 3.